The van der Waals surface area contributed by atoms with Crippen LogP contribution in [0.3, 0.4) is 0 Å². The number of nitrogens with zero attached hydrogens (tertiary/aromatic N) is 1. The normalized spacial score (nSPS) is 11.0. The monoisotopic (exact) mass is 188 g/mol. The molecule has 0 amide bonds. The van der Waals surface area contributed by atoms with E-state index in [4.69, 9.17) is 11.0 Å². The molecule has 1 rings (SSSR count). The molecule has 2 nitrogen and oxygen atoms in total. The fourth-order valence-corrected chi connectivity index (χ4v) is 1.35. The van der Waals surface area contributed by atoms with Gasteiger partial charge < -0.3 is 5.73 Å². The van der Waals surface area contributed by atoms with Crippen molar-refractivity contribution in [3.63, 3.8) is 0 Å². The molecule has 0 fully saturated rings. The topological polar surface area (TPSA) is 49.8 Å². The van der Waals surface area contributed by atoms with Crippen molar-refractivity contribution in [3.8, 4) is 6.07 Å². The summed E-state index contributed by atoms with van der Waals surface area (Å²) in [7, 11) is 0. The van der Waals surface area contributed by atoms with E-state index in [2.05, 4.69) is 12.1 Å². The zero-order valence-electron chi connectivity index (χ0n) is 8.75. The Morgan fingerprint density at radius 3 is 2.71 bits per heavy atom. The molecule has 0 unspecified atom stereocenters. The van der Waals surface area contributed by atoms with Crippen molar-refractivity contribution >= 4 is 0 Å². The number of benzene rings is 1. The van der Waals surface area contributed by atoms with Crippen molar-refractivity contribution in [3.05, 3.63) is 35.4 Å². The summed E-state index contributed by atoms with van der Waals surface area (Å²) < 4.78 is 0. The van der Waals surface area contributed by atoms with Crippen LogP contribution in [0.1, 0.15) is 25.0 Å². The number of rotatable bonds is 3. The third-order valence-corrected chi connectivity index (χ3v) is 2.36. The van der Waals surface area contributed by atoms with Crippen LogP contribution < -0.4 is 5.73 Å². The number of hydrogen-bond donors (Lipinski definition) is 1. The minimum absolute atomic E-state index is 0.412. The predicted molar refractivity (Wildman–Crippen MR) is 57.8 cm³/mol. The third-order valence-electron chi connectivity index (χ3n) is 2.36. The molecule has 2 N–H and O–H groups in total. The van der Waals surface area contributed by atoms with Gasteiger partial charge in [-0.3, -0.25) is 0 Å². The molecule has 1 aromatic carbocycles. The van der Waals surface area contributed by atoms with Crippen LogP contribution >= 0.6 is 0 Å². The van der Waals surface area contributed by atoms with Crippen molar-refractivity contribution in [1.29, 1.82) is 5.26 Å². The molecule has 0 spiro atoms. The molecule has 0 aromatic heterocycles. The molecule has 0 saturated carbocycles. The van der Waals surface area contributed by atoms with Gasteiger partial charge in [0.05, 0.1) is 11.5 Å². The third kappa shape index (κ3) is 2.34. The molecule has 0 aliphatic rings. The Morgan fingerprint density at radius 2 is 2.14 bits per heavy atom. The van der Waals surface area contributed by atoms with Crippen molar-refractivity contribution in [2.75, 3.05) is 6.54 Å². The molecule has 14 heavy (non-hydrogen) atoms. The van der Waals surface area contributed by atoms with Crippen LogP contribution in [0.5, 0.6) is 0 Å². The van der Waals surface area contributed by atoms with E-state index in [0.717, 1.165) is 12.0 Å². The maximum atomic E-state index is 8.99. The first-order chi connectivity index (χ1) is 6.60. The summed E-state index contributed by atoms with van der Waals surface area (Å²) in [6.07, 6.45) is 0.870. The first kappa shape index (κ1) is 10.7. The summed E-state index contributed by atoms with van der Waals surface area (Å²) in [6.45, 7) is 4.50. The molecule has 1 aromatic rings. The van der Waals surface area contributed by atoms with Gasteiger partial charge in [0, 0.05) is 0 Å². The lowest BCUT2D eigenvalue weighted by Gasteiger charge is -2.16. The maximum Gasteiger partial charge on any atom is 0.0766 e. The van der Waals surface area contributed by atoms with Gasteiger partial charge in [-0.25, -0.2) is 0 Å². The van der Waals surface area contributed by atoms with Gasteiger partial charge in [-0.15, -0.1) is 0 Å². The second-order valence-electron chi connectivity index (χ2n) is 3.98. The molecule has 0 aliphatic carbocycles. The van der Waals surface area contributed by atoms with Crippen molar-refractivity contribution in [1.82, 2.24) is 0 Å². The SMILES string of the molecule is CC(C)(C#N)c1cccc(CCN)c1. The molecular formula is C12H16N2. The fourth-order valence-electron chi connectivity index (χ4n) is 1.35. The van der Waals surface area contributed by atoms with Crippen molar-refractivity contribution in [2.24, 2.45) is 5.73 Å². The second-order valence-corrected chi connectivity index (χ2v) is 3.98. The molecular weight excluding hydrogens is 172 g/mol. The molecule has 0 radical (unpaired) electrons. The average Bonchev–Trinajstić information content (AvgIpc) is 2.19. The van der Waals surface area contributed by atoms with Gasteiger partial charge in [-0.05, 0) is 37.9 Å². The Morgan fingerprint density at radius 1 is 1.43 bits per heavy atom. The first-order valence-electron chi connectivity index (χ1n) is 4.81. The van der Waals surface area contributed by atoms with Crippen LogP contribution in [0, 0.1) is 11.3 Å². The minimum atomic E-state index is -0.412. The Balaban J connectivity index is 3.01. The zero-order valence-corrected chi connectivity index (χ0v) is 8.75. The van der Waals surface area contributed by atoms with E-state index in [1.807, 2.05) is 32.0 Å². The standard InChI is InChI=1S/C12H16N2/c1-12(2,9-14)11-5-3-4-10(8-11)6-7-13/h3-5,8H,6-7,13H2,1-2H3. The van der Waals surface area contributed by atoms with Crippen molar-refractivity contribution < 1.29 is 0 Å². The van der Waals surface area contributed by atoms with E-state index in [1.165, 1.54) is 5.56 Å². The number of hydrogen-bond acceptors (Lipinski definition) is 2. The highest BCUT2D eigenvalue weighted by Crippen LogP contribution is 2.22. The molecule has 2 heteroatoms. The van der Waals surface area contributed by atoms with Crippen LogP contribution in [-0.2, 0) is 11.8 Å². The Hall–Kier alpha value is -1.33. The number of nitrogens with two attached hydrogens (primary N) is 1. The Bertz CT molecular complexity index is 348. The summed E-state index contributed by atoms with van der Waals surface area (Å²) in [5, 5.41) is 8.99. The highest BCUT2D eigenvalue weighted by atomic mass is 14.5. The highest BCUT2D eigenvalue weighted by Gasteiger charge is 2.19. The summed E-state index contributed by atoms with van der Waals surface area (Å²) in [6, 6.07) is 10.4. The molecule has 0 heterocycles. The van der Waals surface area contributed by atoms with Crippen molar-refractivity contribution in [2.45, 2.75) is 25.7 Å². The van der Waals surface area contributed by atoms with Gasteiger partial charge in [0.15, 0.2) is 0 Å². The Labute approximate surface area is 85.4 Å². The van der Waals surface area contributed by atoms with Crippen LogP contribution in [-0.4, -0.2) is 6.54 Å². The van der Waals surface area contributed by atoms with Crippen LogP contribution in [0.4, 0.5) is 0 Å². The van der Waals surface area contributed by atoms with Gasteiger partial charge in [-0.2, -0.15) is 5.26 Å². The van der Waals surface area contributed by atoms with Gasteiger partial charge in [0.1, 0.15) is 0 Å². The summed E-state index contributed by atoms with van der Waals surface area (Å²) >= 11 is 0. The van der Waals surface area contributed by atoms with Crippen LogP contribution in [0.25, 0.3) is 0 Å². The van der Waals surface area contributed by atoms with E-state index < -0.39 is 5.41 Å². The quantitative estimate of drug-likeness (QED) is 0.788. The summed E-state index contributed by atoms with van der Waals surface area (Å²) in [5.41, 5.74) is 7.34. The van der Waals surface area contributed by atoms with Gasteiger partial charge in [-0.1, -0.05) is 24.3 Å². The minimum Gasteiger partial charge on any atom is -0.330 e. The fraction of sp³-hybridized carbons (Fsp3) is 0.417. The van der Waals surface area contributed by atoms with E-state index in [9.17, 15) is 0 Å². The van der Waals surface area contributed by atoms with Gasteiger partial charge in [0.2, 0.25) is 0 Å². The first-order valence-corrected chi connectivity index (χ1v) is 4.81. The molecule has 0 saturated heterocycles. The van der Waals surface area contributed by atoms with Crippen LogP contribution in [0.15, 0.2) is 24.3 Å². The largest absolute Gasteiger partial charge is 0.330 e. The molecule has 0 aliphatic heterocycles. The summed E-state index contributed by atoms with van der Waals surface area (Å²) in [4.78, 5) is 0. The molecule has 74 valence electrons. The van der Waals surface area contributed by atoms with Gasteiger partial charge >= 0.3 is 0 Å². The maximum absolute atomic E-state index is 8.99. The lowest BCUT2D eigenvalue weighted by Crippen LogP contribution is -2.14. The van der Waals surface area contributed by atoms with E-state index >= 15 is 0 Å². The van der Waals surface area contributed by atoms with E-state index in [-0.39, 0.29) is 0 Å². The number of nitriles is 1. The van der Waals surface area contributed by atoms with E-state index in [1.54, 1.807) is 0 Å². The lowest BCUT2D eigenvalue weighted by atomic mass is 9.85. The lowest BCUT2D eigenvalue weighted by molar-refractivity contribution is 0.685. The predicted octanol–water partition coefficient (Wildman–Crippen LogP) is 1.99. The summed E-state index contributed by atoms with van der Waals surface area (Å²) in [5.74, 6) is 0. The average molecular weight is 188 g/mol. The van der Waals surface area contributed by atoms with E-state index in [0.29, 0.717) is 6.54 Å². The van der Waals surface area contributed by atoms with Crippen LogP contribution in [0.2, 0.25) is 0 Å². The smallest absolute Gasteiger partial charge is 0.0766 e. The zero-order chi connectivity index (χ0) is 10.6. The molecule has 0 atom stereocenters. The molecule has 0 bridgehead atoms. The second kappa shape index (κ2) is 4.26. The van der Waals surface area contributed by atoms with Gasteiger partial charge in [0.25, 0.3) is 0 Å². The highest BCUT2D eigenvalue weighted by molar-refractivity contribution is 5.33. The Kier molecular flexibility index (Phi) is 3.27.